The van der Waals surface area contributed by atoms with Gasteiger partial charge in [0.15, 0.2) is 6.61 Å². The van der Waals surface area contributed by atoms with Crippen LogP contribution in [-0.2, 0) is 31.9 Å². The zero-order valence-electron chi connectivity index (χ0n) is 15.0. The lowest BCUT2D eigenvalue weighted by Crippen LogP contribution is -2.22. The van der Waals surface area contributed by atoms with Crippen LogP contribution in [0.3, 0.4) is 0 Å². The van der Waals surface area contributed by atoms with Crippen LogP contribution in [0.4, 0.5) is 5.00 Å². The van der Waals surface area contributed by atoms with E-state index in [0.717, 1.165) is 29.7 Å². The van der Waals surface area contributed by atoms with Crippen molar-refractivity contribution in [3.63, 3.8) is 0 Å². The van der Waals surface area contributed by atoms with Crippen molar-refractivity contribution in [2.75, 3.05) is 18.5 Å². The highest BCUT2D eigenvalue weighted by Gasteiger charge is 2.29. The predicted octanol–water partition coefficient (Wildman–Crippen LogP) is 3.33. The quantitative estimate of drug-likeness (QED) is 0.748. The molecule has 1 heterocycles. The molecule has 1 aromatic heterocycles. The first kappa shape index (κ1) is 19.4. The van der Waals surface area contributed by atoms with Crippen LogP contribution in [0, 0.1) is 5.92 Å². The number of anilines is 1. The lowest BCUT2D eigenvalue weighted by molar-refractivity contribution is -0.147. The summed E-state index contributed by atoms with van der Waals surface area (Å²) in [6.07, 6.45) is 3.67. The average Bonchev–Trinajstić information content (AvgIpc) is 2.90. The fourth-order valence-corrected chi connectivity index (χ4v) is 4.26. The van der Waals surface area contributed by atoms with E-state index in [1.165, 1.54) is 11.3 Å². The van der Waals surface area contributed by atoms with Crippen LogP contribution in [0.5, 0.6) is 0 Å². The van der Waals surface area contributed by atoms with Crippen LogP contribution in [0.25, 0.3) is 0 Å². The highest BCUT2D eigenvalue weighted by Crippen LogP contribution is 2.40. The lowest BCUT2D eigenvalue weighted by atomic mass is 9.88. The van der Waals surface area contributed by atoms with Gasteiger partial charge in [-0.15, -0.1) is 11.3 Å². The number of thiophene rings is 1. The molecule has 6 nitrogen and oxygen atoms in total. The Bertz CT molecular complexity index is 652. The minimum atomic E-state index is -0.443. The van der Waals surface area contributed by atoms with Gasteiger partial charge < -0.3 is 14.8 Å². The standard InChI is InChI=1S/C18H25NO5S/c1-4-6-15(21)24-10-14(20)19-17-16(18(22)23-5-2)12-8-7-11(3)9-13(12)25-17/h11H,4-10H2,1-3H3,(H,19,20). The molecule has 0 saturated carbocycles. The van der Waals surface area contributed by atoms with Crippen LogP contribution in [0.1, 0.15) is 60.8 Å². The molecular formula is C18H25NO5S. The molecule has 0 aliphatic heterocycles. The van der Waals surface area contributed by atoms with Crippen LogP contribution < -0.4 is 5.32 Å². The van der Waals surface area contributed by atoms with Crippen molar-refractivity contribution in [3.8, 4) is 0 Å². The molecule has 1 aliphatic rings. The molecular weight excluding hydrogens is 342 g/mol. The number of nitrogens with one attached hydrogen (secondary N) is 1. The third-order valence-corrected chi connectivity index (χ3v) is 5.23. The van der Waals surface area contributed by atoms with E-state index in [1.807, 2.05) is 6.92 Å². The summed E-state index contributed by atoms with van der Waals surface area (Å²) < 4.78 is 10.1. The van der Waals surface area contributed by atoms with Crippen molar-refractivity contribution >= 4 is 34.2 Å². The number of ether oxygens (including phenoxy) is 2. The first-order valence-electron chi connectivity index (χ1n) is 8.73. The van der Waals surface area contributed by atoms with Crippen LogP contribution in [-0.4, -0.2) is 31.1 Å². The Labute approximate surface area is 151 Å². The Hall–Kier alpha value is -1.89. The minimum Gasteiger partial charge on any atom is -0.462 e. The van der Waals surface area contributed by atoms with Crippen molar-refractivity contribution in [3.05, 3.63) is 16.0 Å². The summed E-state index contributed by atoms with van der Waals surface area (Å²) in [6, 6.07) is 0. The first-order chi connectivity index (χ1) is 12.0. The summed E-state index contributed by atoms with van der Waals surface area (Å²) in [5.41, 5.74) is 1.45. The molecule has 0 saturated heterocycles. The van der Waals surface area contributed by atoms with E-state index in [2.05, 4.69) is 12.2 Å². The Morgan fingerprint density at radius 3 is 2.68 bits per heavy atom. The zero-order chi connectivity index (χ0) is 18.4. The van der Waals surface area contributed by atoms with Crippen LogP contribution >= 0.6 is 11.3 Å². The Balaban J connectivity index is 2.14. The Morgan fingerprint density at radius 2 is 2.00 bits per heavy atom. The van der Waals surface area contributed by atoms with E-state index < -0.39 is 17.8 Å². The molecule has 2 rings (SSSR count). The van der Waals surface area contributed by atoms with Gasteiger partial charge in [0.05, 0.1) is 12.2 Å². The molecule has 1 unspecified atom stereocenters. The topological polar surface area (TPSA) is 81.7 Å². The Morgan fingerprint density at radius 1 is 1.24 bits per heavy atom. The van der Waals surface area contributed by atoms with Gasteiger partial charge in [-0.3, -0.25) is 9.59 Å². The molecule has 0 radical (unpaired) electrons. The largest absolute Gasteiger partial charge is 0.462 e. The van der Waals surface area contributed by atoms with Crippen molar-refractivity contribution in [2.24, 2.45) is 5.92 Å². The zero-order valence-corrected chi connectivity index (χ0v) is 15.8. The van der Waals surface area contributed by atoms with Crippen molar-refractivity contribution in [1.82, 2.24) is 0 Å². The highest BCUT2D eigenvalue weighted by atomic mass is 32.1. The molecule has 0 fully saturated rings. The van der Waals surface area contributed by atoms with Gasteiger partial charge in [0.1, 0.15) is 5.00 Å². The summed E-state index contributed by atoms with van der Waals surface area (Å²) >= 11 is 1.42. The predicted molar refractivity (Wildman–Crippen MR) is 96.0 cm³/mol. The van der Waals surface area contributed by atoms with E-state index in [4.69, 9.17) is 9.47 Å². The van der Waals surface area contributed by atoms with Gasteiger partial charge in [-0.05, 0) is 44.1 Å². The van der Waals surface area contributed by atoms with E-state index in [0.29, 0.717) is 22.9 Å². The molecule has 0 spiro atoms. The second kappa shape index (κ2) is 8.99. The van der Waals surface area contributed by atoms with Crippen LogP contribution in [0.2, 0.25) is 0 Å². The number of amides is 1. The van der Waals surface area contributed by atoms with Gasteiger partial charge in [0, 0.05) is 11.3 Å². The summed E-state index contributed by atoms with van der Waals surface area (Å²) in [4.78, 5) is 37.0. The number of rotatable bonds is 7. The molecule has 7 heteroatoms. The molecule has 138 valence electrons. The smallest absolute Gasteiger partial charge is 0.341 e. The number of hydrogen-bond acceptors (Lipinski definition) is 6. The SMILES string of the molecule is CCCC(=O)OCC(=O)Nc1sc2c(c1C(=O)OCC)CCC(C)C2. The molecule has 1 aromatic rings. The second-order valence-corrected chi connectivity index (χ2v) is 7.34. The first-order valence-corrected chi connectivity index (χ1v) is 9.54. The fourth-order valence-electron chi connectivity index (χ4n) is 2.84. The fraction of sp³-hybridized carbons (Fsp3) is 0.611. The normalized spacial score (nSPS) is 16.0. The lowest BCUT2D eigenvalue weighted by Gasteiger charge is -2.18. The number of fused-ring (bicyclic) bond motifs is 1. The third-order valence-electron chi connectivity index (χ3n) is 4.06. The van der Waals surface area contributed by atoms with Crippen LogP contribution in [0.15, 0.2) is 0 Å². The maximum atomic E-state index is 12.4. The molecule has 1 aliphatic carbocycles. The highest BCUT2D eigenvalue weighted by molar-refractivity contribution is 7.17. The molecule has 1 atom stereocenters. The summed E-state index contributed by atoms with van der Waals surface area (Å²) in [6.45, 7) is 5.73. The second-order valence-electron chi connectivity index (χ2n) is 6.24. The van der Waals surface area contributed by atoms with E-state index in [-0.39, 0.29) is 19.6 Å². The molecule has 25 heavy (non-hydrogen) atoms. The van der Waals surface area contributed by atoms with Gasteiger partial charge >= 0.3 is 11.9 Å². The third kappa shape index (κ3) is 5.04. The van der Waals surface area contributed by atoms with Gasteiger partial charge in [-0.1, -0.05) is 13.8 Å². The summed E-state index contributed by atoms with van der Waals surface area (Å²) in [5, 5.41) is 3.22. The molecule has 1 N–H and O–H groups in total. The number of carbonyl (C=O) groups excluding carboxylic acids is 3. The molecule has 0 bridgehead atoms. The van der Waals surface area contributed by atoms with Crippen molar-refractivity contribution in [2.45, 2.75) is 52.9 Å². The molecule has 0 aromatic carbocycles. The number of esters is 2. The summed E-state index contributed by atoms with van der Waals surface area (Å²) in [5.74, 6) is -0.697. The van der Waals surface area contributed by atoms with Gasteiger partial charge in [-0.2, -0.15) is 0 Å². The van der Waals surface area contributed by atoms with Crippen molar-refractivity contribution in [1.29, 1.82) is 0 Å². The van der Waals surface area contributed by atoms with Gasteiger partial charge in [0.2, 0.25) is 0 Å². The maximum absolute atomic E-state index is 12.4. The summed E-state index contributed by atoms with van der Waals surface area (Å²) in [7, 11) is 0. The van der Waals surface area contributed by atoms with Gasteiger partial charge in [-0.25, -0.2) is 4.79 Å². The van der Waals surface area contributed by atoms with Gasteiger partial charge in [0.25, 0.3) is 5.91 Å². The molecule has 1 amide bonds. The number of hydrogen-bond donors (Lipinski definition) is 1. The average molecular weight is 367 g/mol. The monoisotopic (exact) mass is 367 g/mol. The Kier molecular flexibility index (Phi) is 6.99. The maximum Gasteiger partial charge on any atom is 0.341 e. The van der Waals surface area contributed by atoms with Crippen molar-refractivity contribution < 1.29 is 23.9 Å². The van der Waals surface area contributed by atoms with E-state index >= 15 is 0 Å². The van der Waals surface area contributed by atoms with E-state index in [1.54, 1.807) is 6.92 Å². The minimum absolute atomic E-state index is 0.280. The van der Waals surface area contributed by atoms with E-state index in [9.17, 15) is 14.4 Å². The number of carbonyl (C=O) groups is 3.